The molecular formula is C18H15FN2O. The zero-order valence-electron chi connectivity index (χ0n) is 12.0. The number of benzene rings is 2. The number of hydrogen-bond donors (Lipinski definition) is 0. The van der Waals surface area contributed by atoms with Crippen molar-refractivity contribution in [2.24, 2.45) is 0 Å². The van der Waals surface area contributed by atoms with E-state index in [1.54, 1.807) is 12.1 Å². The lowest BCUT2D eigenvalue weighted by molar-refractivity contribution is 0.0712. The molecule has 0 atom stereocenters. The van der Waals surface area contributed by atoms with Gasteiger partial charge in [0, 0.05) is 29.9 Å². The Bertz CT molecular complexity index is 851. The van der Waals surface area contributed by atoms with Gasteiger partial charge in [-0.3, -0.25) is 4.79 Å². The lowest BCUT2D eigenvalue weighted by atomic mass is 10.1. The molecule has 0 radical (unpaired) electrons. The molecule has 0 saturated carbocycles. The molecule has 110 valence electrons. The maximum atomic E-state index is 13.0. The maximum Gasteiger partial charge on any atom is 0.254 e. The summed E-state index contributed by atoms with van der Waals surface area (Å²) in [6.07, 6.45) is 0. The molecular weight excluding hydrogens is 279 g/mol. The first kappa shape index (κ1) is 13.1. The fourth-order valence-corrected chi connectivity index (χ4v) is 3.11. The SMILES string of the molecule is O=C(c1ccc(F)cc1)N1CCn2c(cc3ccccc32)C1. The van der Waals surface area contributed by atoms with Crippen molar-refractivity contribution in [1.29, 1.82) is 0 Å². The van der Waals surface area contributed by atoms with Gasteiger partial charge in [-0.2, -0.15) is 0 Å². The van der Waals surface area contributed by atoms with Gasteiger partial charge in [0.15, 0.2) is 0 Å². The molecule has 4 heteroatoms. The molecule has 0 spiro atoms. The number of carbonyl (C=O) groups is 1. The van der Waals surface area contributed by atoms with Gasteiger partial charge in [-0.05, 0) is 41.8 Å². The summed E-state index contributed by atoms with van der Waals surface area (Å²) < 4.78 is 15.2. The van der Waals surface area contributed by atoms with Gasteiger partial charge in [-0.25, -0.2) is 4.39 Å². The van der Waals surface area contributed by atoms with E-state index in [9.17, 15) is 9.18 Å². The van der Waals surface area contributed by atoms with Gasteiger partial charge >= 0.3 is 0 Å². The Balaban J connectivity index is 1.64. The molecule has 1 aliphatic heterocycles. The van der Waals surface area contributed by atoms with Crippen LogP contribution in [-0.2, 0) is 13.1 Å². The van der Waals surface area contributed by atoms with Crippen molar-refractivity contribution in [1.82, 2.24) is 9.47 Å². The van der Waals surface area contributed by atoms with E-state index in [1.807, 2.05) is 17.0 Å². The van der Waals surface area contributed by atoms with Crippen LogP contribution in [0.15, 0.2) is 54.6 Å². The number of aromatic nitrogens is 1. The van der Waals surface area contributed by atoms with Gasteiger partial charge in [0.05, 0.1) is 6.54 Å². The van der Waals surface area contributed by atoms with E-state index in [0.29, 0.717) is 18.7 Å². The normalized spacial score (nSPS) is 14.1. The van der Waals surface area contributed by atoms with E-state index in [2.05, 4.69) is 22.8 Å². The Morgan fingerprint density at radius 1 is 1.00 bits per heavy atom. The van der Waals surface area contributed by atoms with E-state index in [-0.39, 0.29) is 11.7 Å². The minimum Gasteiger partial charge on any atom is -0.341 e. The second-order valence-electron chi connectivity index (χ2n) is 5.58. The molecule has 2 heterocycles. The summed E-state index contributed by atoms with van der Waals surface area (Å²) in [5, 5.41) is 1.20. The Labute approximate surface area is 127 Å². The van der Waals surface area contributed by atoms with E-state index in [1.165, 1.54) is 23.0 Å². The number of amides is 1. The molecule has 0 saturated heterocycles. The number of hydrogen-bond acceptors (Lipinski definition) is 1. The van der Waals surface area contributed by atoms with Crippen LogP contribution in [0.5, 0.6) is 0 Å². The second-order valence-corrected chi connectivity index (χ2v) is 5.58. The van der Waals surface area contributed by atoms with E-state index >= 15 is 0 Å². The molecule has 1 amide bonds. The van der Waals surface area contributed by atoms with Crippen molar-refractivity contribution >= 4 is 16.8 Å². The predicted molar refractivity (Wildman–Crippen MR) is 83.1 cm³/mol. The van der Waals surface area contributed by atoms with Gasteiger partial charge < -0.3 is 9.47 Å². The summed E-state index contributed by atoms with van der Waals surface area (Å²) in [6.45, 7) is 2.04. The molecule has 1 aromatic heterocycles. The third-order valence-corrected chi connectivity index (χ3v) is 4.22. The van der Waals surface area contributed by atoms with Crippen LogP contribution in [0.25, 0.3) is 10.9 Å². The lowest BCUT2D eigenvalue weighted by Crippen LogP contribution is -2.38. The lowest BCUT2D eigenvalue weighted by Gasteiger charge is -2.29. The molecule has 1 aliphatic rings. The molecule has 3 aromatic rings. The van der Waals surface area contributed by atoms with Crippen molar-refractivity contribution in [3.63, 3.8) is 0 Å². The largest absolute Gasteiger partial charge is 0.341 e. The van der Waals surface area contributed by atoms with Crippen molar-refractivity contribution in [2.75, 3.05) is 6.54 Å². The fourth-order valence-electron chi connectivity index (χ4n) is 3.11. The Hall–Kier alpha value is -2.62. The van der Waals surface area contributed by atoms with Crippen LogP contribution in [-0.4, -0.2) is 21.9 Å². The summed E-state index contributed by atoms with van der Waals surface area (Å²) in [4.78, 5) is 14.4. The number of halogens is 1. The number of nitrogens with zero attached hydrogens (tertiary/aromatic N) is 2. The third-order valence-electron chi connectivity index (χ3n) is 4.22. The third kappa shape index (κ3) is 2.08. The van der Waals surface area contributed by atoms with Crippen molar-refractivity contribution in [3.05, 3.63) is 71.7 Å². The average Bonchev–Trinajstić information content (AvgIpc) is 2.92. The predicted octanol–water partition coefficient (Wildman–Crippen LogP) is 3.44. The Morgan fingerprint density at radius 2 is 1.77 bits per heavy atom. The Kier molecular flexibility index (Phi) is 2.96. The van der Waals surface area contributed by atoms with E-state index in [0.717, 1.165) is 12.2 Å². The van der Waals surface area contributed by atoms with Crippen molar-refractivity contribution in [3.8, 4) is 0 Å². The molecule has 4 rings (SSSR count). The highest BCUT2D eigenvalue weighted by Gasteiger charge is 2.23. The van der Waals surface area contributed by atoms with Crippen LogP contribution in [0.4, 0.5) is 4.39 Å². The monoisotopic (exact) mass is 294 g/mol. The molecule has 0 bridgehead atoms. The first-order chi connectivity index (χ1) is 10.7. The van der Waals surface area contributed by atoms with Crippen LogP contribution in [0.3, 0.4) is 0 Å². The highest BCUT2D eigenvalue weighted by molar-refractivity contribution is 5.94. The van der Waals surface area contributed by atoms with Crippen molar-refractivity contribution < 1.29 is 9.18 Å². The second kappa shape index (κ2) is 4.98. The molecule has 0 N–H and O–H groups in total. The van der Waals surface area contributed by atoms with Crippen LogP contribution in [0.1, 0.15) is 16.1 Å². The van der Waals surface area contributed by atoms with Gasteiger partial charge in [0.2, 0.25) is 0 Å². The standard InChI is InChI=1S/C18H15FN2O/c19-15-7-5-13(6-8-15)18(22)20-9-10-21-16(12-20)11-14-3-1-2-4-17(14)21/h1-8,11H,9-10,12H2. The summed E-state index contributed by atoms with van der Waals surface area (Å²) in [5.74, 6) is -0.369. The summed E-state index contributed by atoms with van der Waals surface area (Å²) in [5.41, 5.74) is 2.89. The van der Waals surface area contributed by atoms with Crippen LogP contribution in [0, 0.1) is 5.82 Å². The van der Waals surface area contributed by atoms with Gasteiger partial charge in [-0.1, -0.05) is 18.2 Å². The molecule has 2 aromatic carbocycles. The van der Waals surface area contributed by atoms with E-state index in [4.69, 9.17) is 0 Å². The molecule has 0 aliphatic carbocycles. The Morgan fingerprint density at radius 3 is 2.59 bits per heavy atom. The molecule has 0 unspecified atom stereocenters. The number of rotatable bonds is 1. The van der Waals surface area contributed by atoms with Crippen LogP contribution in [0.2, 0.25) is 0 Å². The molecule has 0 fully saturated rings. The highest BCUT2D eigenvalue weighted by atomic mass is 19.1. The highest BCUT2D eigenvalue weighted by Crippen LogP contribution is 2.24. The summed E-state index contributed by atoms with van der Waals surface area (Å²) in [7, 11) is 0. The zero-order valence-corrected chi connectivity index (χ0v) is 12.0. The first-order valence-corrected chi connectivity index (χ1v) is 7.34. The van der Waals surface area contributed by atoms with Gasteiger partial charge in [0.25, 0.3) is 5.91 Å². The molecule has 3 nitrogen and oxygen atoms in total. The van der Waals surface area contributed by atoms with Crippen LogP contribution >= 0.6 is 0 Å². The van der Waals surface area contributed by atoms with E-state index < -0.39 is 0 Å². The van der Waals surface area contributed by atoms with Crippen LogP contribution < -0.4 is 0 Å². The summed E-state index contributed by atoms with van der Waals surface area (Å²) in [6, 6.07) is 16.1. The maximum absolute atomic E-state index is 13.0. The molecule has 22 heavy (non-hydrogen) atoms. The summed E-state index contributed by atoms with van der Waals surface area (Å²) >= 11 is 0. The van der Waals surface area contributed by atoms with Gasteiger partial charge in [-0.15, -0.1) is 0 Å². The van der Waals surface area contributed by atoms with Gasteiger partial charge in [0.1, 0.15) is 5.82 Å². The minimum atomic E-state index is -0.324. The average molecular weight is 294 g/mol. The minimum absolute atomic E-state index is 0.0449. The number of fused-ring (bicyclic) bond motifs is 3. The number of para-hydroxylation sites is 1. The smallest absolute Gasteiger partial charge is 0.254 e. The van der Waals surface area contributed by atoms with Crippen molar-refractivity contribution in [2.45, 2.75) is 13.1 Å². The first-order valence-electron chi connectivity index (χ1n) is 7.34. The quantitative estimate of drug-likeness (QED) is 0.675. The fraction of sp³-hybridized carbons (Fsp3) is 0.167. The zero-order chi connectivity index (χ0) is 15.1. The topological polar surface area (TPSA) is 25.2 Å². The number of carbonyl (C=O) groups excluding carboxylic acids is 1.